The maximum absolute atomic E-state index is 4.90. The number of hydrogen-bond donors (Lipinski definition) is 0. The monoisotopic (exact) mass is 620 g/mol. The van der Waals surface area contributed by atoms with Crippen LogP contribution in [0.3, 0.4) is 0 Å². The molecule has 0 unspecified atom stereocenters. The molecule has 0 bridgehead atoms. The van der Waals surface area contributed by atoms with Gasteiger partial charge >= 0.3 is 0 Å². The second-order valence-electron chi connectivity index (χ2n) is 11.5. The smallest absolute Gasteiger partial charge is 0.137 e. The van der Waals surface area contributed by atoms with Crippen molar-refractivity contribution in [2.75, 3.05) is 4.90 Å². The minimum Gasteiger partial charge on any atom is -0.299 e. The van der Waals surface area contributed by atoms with Crippen molar-refractivity contribution in [3.05, 3.63) is 170 Å². The van der Waals surface area contributed by atoms with Crippen LogP contribution in [0.2, 0.25) is 0 Å². The zero-order chi connectivity index (χ0) is 31.2. The number of benzene rings is 6. The van der Waals surface area contributed by atoms with E-state index in [1.807, 2.05) is 30.7 Å². The zero-order valence-electron chi connectivity index (χ0n) is 25.4. The van der Waals surface area contributed by atoms with Gasteiger partial charge in [0.15, 0.2) is 0 Å². The van der Waals surface area contributed by atoms with Gasteiger partial charge in [-0.1, -0.05) is 109 Å². The van der Waals surface area contributed by atoms with Gasteiger partial charge in [-0.15, -0.1) is 0 Å². The van der Waals surface area contributed by atoms with Crippen LogP contribution >= 0.6 is 11.8 Å². The second kappa shape index (κ2) is 11.5. The molecule has 0 aliphatic carbocycles. The van der Waals surface area contributed by atoms with Crippen molar-refractivity contribution >= 4 is 40.0 Å². The van der Waals surface area contributed by atoms with Crippen molar-refractivity contribution in [1.82, 2.24) is 14.5 Å². The van der Waals surface area contributed by atoms with Crippen LogP contribution in [0.5, 0.6) is 0 Å². The molecule has 3 heterocycles. The van der Waals surface area contributed by atoms with Gasteiger partial charge in [0.2, 0.25) is 0 Å². The molecule has 5 heteroatoms. The predicted molar refractivity (Wildman–Crippen MR) is 194 cm³/mol. The summed E-state index contributed by atoms with van der Waals surface area (Å²) in [6.45, 7) is 0. The largest absolute Gasteiger partial charge is 0.299 e. The molecule has 0 atom stereocenters. The first-order chi connectivity index (χ1) is 23.3. The summed E-state index contributed by atoms with van der Waals surface area (Å²) in [5.41, 5.74) is 12.5. The minimum atomic E-state index is 0.879. The summed E-state index contributed by atoms with van der Waals surface area (Å²) >= 11 is 1.76. The van der Waals surface area contributed by atoms with Gasteiger partial charge in [0.05, 0.1) is 22.4 Å². The minimum absolute atomic E-state index is 0.879. The fourth-order valence-electron chi connectivity index (χ4n) is 6.56. The maximum Gasteiger partial charge on any atom is 0.137 e. The van der Waals surface area contributed by atoms with E-state index in [1.54, 1.807) is 11.8 Å². The van der Waals surface area contributed by atoms with Gasteiger partial charge in [0, 0.05) is 32.8 Å². The molecule has 0 spiro atoms. The third-order valence-electron chi connectivity index (χ3n) is 8.73. The Morgan fingerprint density at radius 2 is 1.19 bits per heavy atom. The van der Waals surface area contributed by atoms with E-state index in [0.29, 0.717) is 0 Å². The third kappa shape index (κ3) is 4.89. The van der Waals surface area contributed by atoms with E-state index in [-0.39, 0.29) is 0 Å². The molecule has 8 aromatic rings. The standard InChI is InChI=1S/C42H28N4S/c1-2-11-29(12-3-1)30-20-22-36-34-15-4-5-16-35(34)37-23-21-33(27-41(37)46(40(36)25-30)42-19-8-9-24-43-42)47-32-14-10-13-31(26-32)45-28-44-38-17-6-7-18-39(38)45/h1-28H. The Labute approximate surface area is 277 Å². The van der Waals surface area contributed by atoms with Crippen molar-refractivity contribution in [3.63, 3.8) is 0 Å². The van der Waals surface area contributed by atoms with Crippen molar-refractivity contribution in [1.29, 1.82) is 0 Å². The van der Waals surface area contributed by atoms with Crippen LogP contribution in [0.25, 0.3) is 50.1 Å². The molecule has 222 valence electrons. The average Bonchev–Trinajstić information content (AvgIpc) is 3.53. The molecule has 0 saturated carbocycles. The molecule has 0 amide bonds. The quantitative estimate of drug-likeness (QED) is 0.192. The Morgan fingerprint density at radius 1 is 0.468 bits per heavy atom. The van der Waals surface area contributed by atoms with Crippen molar-refractivity contribution < 1.29 is 0 Å². The average molecular weight is 621 g/mol. The van der Waals surface area contributed by atoms with Crippen molar-refractivity contribution in [3.8, 4) is 39.1 Å². The van der Waals surface area contributed by atoms with Crippen LogP contribution in [0.15, 0.2) is 180 Å². The highest BCUT2D eigenvalue weighted by atomic mass is 32.2. The van der Waals surface area contributed by atoms with Crippen LogP contribution in [-0.4, -0.2) is 14.5 Å². The summed E-state index contributed by atoms with van der Waals surface area (Å²) in [6.07, 6.45) is 3.78. The van der Waals surface area contributed by atoms with Gasteiger partial charge < -0.3 is 0 Å². The number of para-hydroxylation sites is 2. The van der Waals surface area contributed by atoms with Gasteiger partial charge in [-0.2, -0.15) is 0 Å². The highest BCUT2D eigenvalue weighted by molar-refractivity contribution is 7.99. The zero-order valence-corrected chi connectivity index (χ0v) is 26.2. The summed E-state index contributed by atoms with van der Waals surface area (Å²) < 4.78 is 2.15. The van der Waals surface area contributed by atoms with Gasteiger partial charge in [-0.25, -0.2) is 9.97 Å². The molecule has 6 aromatic carbocycles. The van der Waals surface area contributed by atoms with Crippen LogP contribution in [-0.2, 0) is 0 Å². The lowest BCUT2D eigenvalue weighted by Gasteiger charge is -2.27. The summed E-state index contributed by atoms with van der Waals surface area (Å²) in [7, 11) is 0. The van der Waals surface area contributed by atoms with E-state index >= 15 is 0 Å². The lowest BCUT2D eigenvalue weighted by atomic mass is 9.93. The number of fused-ring (bicyclic) bond motifs is 6. The molecule has 1 aliphatic heterocycles. The molecule has 0 N–H and O–H groups in total. The molecular weight excluding hydrogens is 593 g/mol. The van der Waals surface area contributed by atoms with Crippen LogP contribution in [0, 0.1) is 0 Å². The number of anilines is 3. The second-order valence-corrected chi connectivity index (χ2v) is 12.7. The Balaban J connectivity index is 1.20. The van der Waals surface area contributed by atoms with Crippen molar-refractivity contribution in [2.45, 2.75) is 9.79 Å². The normalized spacial score (nSPS) is 11.9. The fourth-order valence-corrected chi connectivity index (χ4v) is 7.46. The van der Waals surface area contributed by atoms with E-state index in [9.17, 15) is 0 Å². The van der Waals surface area contributed by atoms with E-state index in [1.165, 1.54) is 33.4 Å². The van der Waals surface area contributed by atoms with Gasteiger partial charge in [-0.3, -0.25) is 9.47 Å². The van der Waals surface area contributed by atoms with E-state index < -0.39 is 0 Å². The lowest BCUT2D eigenvalue weighted by molar-refractivity contribution is 1.08. The number of aromatic nitrogens is 3. The molecule has 2 aromatic heterocycles. The summed E-state index contributed by atoms with van der Waals surface area (Å²) in [6, 6.07) is 56.0. The maximum atomic E-state index is 4.90. The van der Waals surface area contributed by atoms with Gasteiger partial charge in [0.1, 0.15) is 12.1 Å². The molecule has 9 rings (SSSR count). The Bertz CT molecular complexity index is 2400. The van der Waals surface area contributed by atoms with Gasteiger partial charge in [-0.05, 0) is 82.9 Å². The van der Waals surface area contributed by atoms with Crippen LogP contribution < -0.4 is 4.90 Å². The number of imidazole rings is 1. The topological polar surface area (TPSA) is 34.0 Å². The van der Waals surface area contributed by atoms with Gasteiger partial charge in [0.25, 0.3) is 0 Å². The Hall–Kier alpha value is -5.91. The summed E-state index contributed by atoms with van der Waals surface area (Å²) in [5.74, 6) is 0.879. The SMILES string of the molecule is c1ccc(-c2ccc3c(c2)N(c2ccccn2)c2cc(Sc4cccc(-n5cnc6ccccc65)c4)ccc2-c2ccccc2-3)cc1. The first kappa shape index (κ1) is 27.4. The van der Waals surface area contributed by atoms with E-state index in [2.05, 4.69) is 154 Å². The Morgan fingerprint density at radius 3 is 2.02 bits per heavy atom. The Kier molecular flexibility index (Phi) is 6.69. The first-order valence-electron chi connectivity index (χ1n) is 15.6. The number of hydrogen-bond acceptors (Lipinski definition) is 4. The fraction of sp³-hybridized carbons (Fsp3) is 0. The molecule has 0 saturated heterocycles. The molecule has 47 heavy (non-hydrogen) atoms. The lowest BCUT2D eigenvalue weighted by Crippen LogP contribution is -2.12. The molecular formula is C42H28N4S. The van der Waals surface area contributed by atoms with Crippen LogP contribution in [0.1, 0.15) is 0 Å². The number of nitrogens with zero attached hydrogens (tertiary/aromatic N) is 4. The number of pyridine rings is 1. The highest BCUT2D eigenvalue weighted by Crippen LogP contribution is 2.52. The van der Waals surface area contributed by atoms with Crippen LogP contribution in [0.4, 0.5) is 17.2 Å². The molecule has 0 fully saturated rings. The predicted octanol–water partition coefficient (Wildman–Crippen LogP) is 11.4. The molecule has 0 radical (unpaired) electrons. The van der Waals surface area contributed by atoms with Crippen molar-refractivity contribution in [2.24, 2.45) is 0 Å². The number of rotatable bonds is 5. The highest BCUT2D eigenvalue weighted by Gasteiger charge is 2.27. The first-order valence-corrected chi connectivity index (χ1v) is 16.5. The molecule has 1 aliphatic rings. The summed E-state index contributed by atoms with van der Waals surface area (Å²) in [5, 5.41) is 0. The molecule has 4 nitrogen and oxygen atoms in total. The third-order valence-corrected chi connectivity index (χ3v) is 9.71. The summed E-state index contributed by atoms with van der Waals surface area (Å²) in [4.78, 5) is 14.1. The van der Waals surface area contributed by atoms with E-state index in [4.69, 9.17) is 4.98 Å². The van der Waals surface area contributed by atoms with E-state index in [0.717, 1.165) is 43.7 Å².